The molecule has 0 saturated carbocycles. The number of nitrogens with one attached hydrogen (secondary N) is 1. The lowest BCUT2D eigenvalue weighted by molar-refractivity contribution is 0.0140. The van der Waals surface area contributed by atoms with Crippen molar-refractivity contribution in [2.45, 2.75) is 39.8 Å². The molecule has 0 spiro atoms. The summed E-state index contributed by atoms with van der Waals surface area (Å²) < 4.78 is 0. The lowest BCUT2D eigenvalue weighted by Crippen LogP contribution is -2.42. The third-order valence-corrected chi connectivity index (χ3v) is 3.16. The summed E-state index contributed by atoms with van der Waals surface area (Å²) in [5.41, 5.74) is 1.57. The van der Waals surface area contributed by atoms with Crippen LogP contribution in [0, 0.1) is 12.8 Å². The van der Waals surface area contributed by atoms with Crippen LogP contribution in [0.4, 0.5) is 0 Å². The van der Waals surface area contributed by atoms with Crippen LogP contribution < -0.4 is 5.32 Å². The van der Waals surface area contributed by atoms with Crippen LogP contribution >= 0.6 is 0 Å². The van der Waals surface area contributed by atoms with Crippen LogP contribution in [0.1, 0.15) is 32.0 Å². The van der Waals surface area contributed by atoms with Crippen molar-refractivity contribution in [1.82, 2.24) is 10.3 Å². The third-order valence-electron chi connectivity index (χ3n) is 3.16. The second-order valence-electron chi connectivity index (χ2n) is 4.86. The van der Waals surface area contributed by atoms with E-state index in [9.17, 15) is 5.11 Å². The van der Waals surface area contributed by atoms with E-state index in [-0.39, 0.29) is 5.92 Å². The lowest BCUT2D eigenvalue weighted by atomic mass is 9.92. The van der Waals surface area contributed by atoms with Crippen molar-refractivity contribution >= 4 is 0 Å². The maximum Gasteiger partial charge on any atom is 0.0766 e. The molecular weight excluding hydrogens is 200 g/mol. The van der Waals surface area contributed by atoms with Crippen LogP contribution in [0.15, 0.2) is 18.3 Å². The average Bonchev–Trinajstić information content (AvgIpc) is 2.20. The Bertz CT molecular complexity index is 334. The number of nitrogens with zero attached hydrogens (tertiary/aromatic N) is 1. The first-order valence-electron chi connectivity index (χ1n) is 5.77. The van der Waals surface area contributed by atoms with E-state index in [1.54, 1.807) is 6.20 Å². The summed E-state index contributed by atoms with van der Waals surface area (Å²) in [7, 11) is 0. The molecule has 0 bridgehead atoms. The molecule has 0 aliphatic carbocycles. The summed E-state index contributed by atoms with van der Waals surface area (Å²) in [6, 6.07) is 3.99. The van der Waals surface area contributed by atoms with E-state index in [0.717, 1.165) is 12.2 Å². The first-order valence-corrected chi connectivity index (χ1v) is 5.77. The van der Waals surface area contributed by atoms with Gasteiger partial charge in [-0.15, -0.1) is 0 Å². The van der Waals surface area contributed by atoms with Crippen molar-refractivity contribution in [2.75, 3.05) is 6.54 Å². The Morgan fingerprint density at radius 2 is 2.19 bits per heavy atom. The van der Waals surface area contributed by atoms with Gasteiger partial charge in [-0.25, -0.2) is 0 Å². The molecule has 0 saturated heterocycles. The van der Waals surface area contributed by atoms with Crippen LogP contribution in [0.25, 0.3) is 0 Å². The van der Waals surface area contributed by atoms with Crippen molar-refractivity contribution in [3.05, 3.63) is 29.6 Å². The van der Waals surface area contributed by atoms with E-state index in [2.05, 4.69) is 16.4 Å². The zero-order valence-corrected chi connectivity index (χ0v) is 10.6. The maximum absolute atomic E-state index is 10.1. The van der Waals surface area contributed by atoms with E-state index >= 15 is 0 Å². The summed E-state index contributed by atoms with van der Waals surface area (Å²) in [4.78, 5) is 4.23. The highest BCUT2D eigenvalue weighted by Gasteiger charge is 2.23. The van der Waals surface area contributed by atoms with Crippen LogP contribution in [-0.4, -0.2) is 22.2 Å². The zero-order chi connectivity index (χ0) is 12.2. The van der Waals surface area contributed by atoms with Crippen LogP contribution in [0.5, 0.6) is 0 Å². The third kappa shape index (κ3) is 3.58. The summed E-state index contributed by atoms with van der Waals surface area (Å²) >= 11 is 0. The summed E-state index contributed by atoms with van der Waals surface area (Å²) in [6.07, 6.45) is 1.79. The van der Waals surface area contributed by atoms with E-state index in [4.69, 9.17) is 0 Å². The topological polar surface area (TPSA) is 45.2 Å². The van der Waals surface area contributed by atoms with Crippen molar-refractivity contribution in [3.63, 3.8) is 0 Å². The van der Waals surface area contributed by atoms with Gasteiger partial charge in [0, 0.05) is 25.0 Å². The molecule has 3 nitrogen and oxygen atoms in total. The van der Waals surface area contributed by atoms with Crippen molar-refractivity contribution < 1.29 is 5.11 Å². The van der Waals surface area contributed by atoms with Gasteiger partial charge in [0.15, 0.2) is 0 Å². The largest absolute Gasteiger partial charge is 0.389 e. The van der Waals surface area contributed by atoms with E-state index in [1.165, 1.54) is 5.56 Å². The number of aryl methyl sites for hydroxylation is 1. The normalized spacial score (nSPS) is 15.1. The predicted molar refractivity (Wildman–Crippen MR) is 66.1 cm³/mol. The number of hydrogen-bond donors (Lipinski definition) is 2. The molecule has 0 aliphatic heterocycles. The smallest absolute Gasteiger partial charge is 0.0766 e. The highest BCUT2D eigenvalue weighted by atomic mass is 16.3. The SMILES string of the molecule is Cc1ncccc1CNCC(C)(O)C(C)C. The Balaban J connectivity index is 2.45. The van der Waals surface area contributed by atoms with Gasteiger partial charge in [-0.05, 0) is 31.4 Å². The number of pyridine rings is 1. The highest BCUT2D eigenvalue weighted by Crippen LogP contribution is 2.14. The van der Waals surface area contributed by atoms with Crippen LogP contribution in [0.2, 0.25) is 0 Å². The molecule has 0 radical (unpaired) electrons. The Labute approximate surface area is 97.9 Å². The zero-order valence-electron chi connectivity index (χ0n) is 10.6. The van der Waals surface area contributed by atoms with E-state index in [0.29, 0.717) is 6.54 Å². The highest BCUT2D eigenvalue weighted by molar-refractivity contribution is 5.17. The molecule has 0 aromatic carbocycles. The van der Waals surface area contributed by atoms with Crippen LogP contribution in [0.3, 0.4) is 0 Å². The van der Waals surface area contributed by atoms with Gasteiger partial charge >= 0.3 is 0 Å². The van der Waals surface area contributed by atoms with Crippen molar-refractivity contribution in [2.24, 2.45) is 5.92 Å². The lowest BCUT2D eigenvalue weighted by Gasteiger charge is -2.28. The minimum Gasteiger partial charge on any atom is -0.389 e. The van der Waals surface area contributed by atoms with Crippen molar-refractivity contribution in [1.29, 1.82) is 0 Å². The predicted octanol–water partition coefficient (Wildman–Crippen LogP) is 1.89. The minimum absolute atomic E-state index is 0.245. The monoisotopic (exact) mass is 222 g/mol. The molecule has 1 atom stereocenters. The Kier molecular flexibility index (Phi) is 4.44. The molecular formula is C13H22N2O. The van der Waals surface area contributed by atoms with Gasteiger partial charge in [-0.2, -0.15) is 0 Å². The van der Waals surface area contributed by atoms with Gasteiger partial charge in [0.2, 0.25) is 0 Å². The fraction of sp³-hybridized carbons (Fsp3) is 0.615. The van der Waals surface area contributed by atoms with Gasteiger partial charge < -0.3 is 10.4 Å². The summed E-state index contributed by atoms with van der Waals surface area (Å²) in [5, 5.41) is 13.3. The molecule has 2 N–H and O–H groups in total. The van der Waals surface area contributed by atoms with Gasteiger partial charge in [0.05, 0.1) is 5.60 Å². The Morgan fingerprint density at radius 3 is 2.75 bits per heavy atom. The first kappa shape index (κ1) is 13.1. The van der Waals surface area contributed by atoms with Gasteiger partial charge in [-0.3, -0.25) is 4.98 Å². The second-order valence-corrected chi connectivity index (χ2v) is 4.86. The van der Waals surface area contributed by atoms with Gasteiger partial charge in [0.25, 0.3) is 0 Å². The molecule has 0 fully saturated rings. The quantitative estimate of drug-likeness (QED) is 0.799. The summed E-state index contributed by atoms with van der Waals surface area (Å²) in [6.45, 7) is 9.26. The van der Waals surface area contributed by atoms with E-state index < -0.39 is 5.60 Å². The molecule has 1 heterocycles. The van der Waals surface area contributed by atoms with Gasteiger partial charge in [0.1, 0.15) is 0 Å². The molecule has 3 heteroatoms. The molecule has 1 rings (SSSR count). The molecule has 90 valence electrons. The fourth-order valence-corrected chi connectivity index (χ4v) is 1.36. The molecule has 1 aromatic heterocycles. The van der Waals surface area contributed by atoms with Crippen molar-refractivity contribution in [3.8, 4) is 0 Å². The second kappa shape index (κ2) is 5.41. The van der Waals surface area contributed by atoms with Crippen LogP contribution in [-0.2, 0) is 6.54 Å². The summed E-state index contributed by atoms with van der Waals surface area (Å²) in [5.74, 6) is 0.245. The molecule has 0 amide bonds. The standard InChI is InChI=1S/C13H22N2O/c1-10(2)13(4,16)9-14-8-12-6-5-7-15-11(12)3/h5-7,10,14,16H,8-9H2,1-4H3. The molecule has 16 heavy (non-hydrogen) atoms. The number of hydrogen-bond acceptors (Lipinski definition) is 3. The maximum atomic E-state index is 10.1. The molecule has 0 aliphatic rings. The molecule has 1 unspecified atom stereocenters. The number of aliphatic hydroxyl groups is 1. The number of rotatable bonds is 5. The number of aromatic nitrogens is 1. The first-order chi connectivity index (χ1) is 7.43. The average molecular weight is 222 g/mol. The Morgan fingerprint density at radius 1 is 1.50 bits per heavy atom. The van der Waals surface area contributed by atoms with E-state index in [1.807, 2.05) is 33.8 Å². The Hall–Kier alpha value is -0.930. The fourth-order valence-electron chi connectivity index (χ4n) is 1.36. The molecule has 1 aromatic rings. The van der Waals surface area contributed by atoms with Gasteiger partial charge in [-0.1, -0.05) is 19.9 Å². The minimum atomic E-state index is -0.657.